The fourth-order valence-electron chi connectivity index (χ4n) is 3.49. The first kappa shape index (κ1) is 32.6. The molecule has 1 unspecified atom stereocenters. The molecule has 0 saturated heterocycles. The van der Waals surface area contributed by atoms with E-state index >= 15 is 0 Å². The summed E-state index contributed by atoms with van der Waals surface area (Å²) >= 11 is 0. The van der Waals surface area contributed by atoms with Gasteiger partial charge in [-0.05, 0) is 80.7 Å². The van der Waals surface area contributed by atoms with E-state index in [0.717, 1.165) is 6.42 Å². The van der Waals surface area contributed by atoms with Crippen molar-refractivity contribution < 1.29 is 0 Å². The zero-order chi connectivity index (χ0) is 27.3. The summed E-state index contributed by atoms with van der Waals surface area (Å²) in [5.74, 6) is 0.708. The molecule has 0 aromatic heterocycles. The van der Waals surface area contributed by atoms with E-state index in [0.29, 0.717) is 5.92 Å². The second-order valence-electron chi connectivity index (χ2n) is 8.83. The molecule has 0 nitrogen and oxygen atoms in total. The molecule has 0 spiro atoms. The number of hydrogen-bond acceptors (Lipinski definition) is 0. The first-order valence-corrected chi connectivity index (χ1v) is 12.9. The normalized spacial score (nSPS) is 13.3. The van der Waals surface area contributed by atoms with E-state index in [1.165, 1.54) is 51.8 Å². The zero-order valence-corrected chi connectivity index (χ0v) is 23.7. The summed E-state index contributed by atoms with van der Waals surface area (Å²) in [6, 6.07) is 19.0. The van der Waals surface area contributed by atoms with Gasteiger partial charge in [0.1, 0.15) is 0 Å². The maximum atomic E-state index is 3.83. The van der Waals surface area contributed by atoms with Crippen LogP contribution in [0, 0.1) is 12.8 Å². The van der Waals surface area contributed by atoms with Crippen LogP contribution in [0.3, 0.4) is 0 Å². The van der Waals surface area contributed by atoms with Gasteiger partial charge < -0.3 is 0 Å². The van der Waals surface area contributed by atoms with E-state index in [2.05, 4.69) is 140 Å². The first-order chi connectivity index (χ1) is 17.3. The van der Waals surface area contributed by atoms with E-state index in [-0.39, 0.29) is 0 Å². The van der Waals surface area contributed by atoms with Gasteiger partial charge in [0.05, 0.1) is 0 Å². The van der Waals surface area contributed by atoms with Crippen LogP contribution in [-0.4, -0.2) is 0 Å². The molecule has 1 atom stereocenters. The van der Waals surface area contributed by atoms with Gasteiger partial charge in [-0.15, -0.1) is 13.2 Å². The zero-order valence-electron chi connectivity index (χ0n) is 23.7. The molecule has 0 radical (unpaired) electrons. The highest BCUT2D eigenvalue weighted by Gasteiger charge is 2.06. The van der Waals surface area contributed by atoms with Crippen LogP contribution in [0.5, 0.6) is 0 Å². The van der Waals surface area contributed by atoms with Crippen LogP contribution in [0.1, 0.15) is 59.4 Å². The molecule has 0 heterocycles. The molecule has 1 aliphatic rings. The second-order valence-corrected chi connectivity index (χ2v) is 8.83. The highest BCUT2D eigenvalue weighted by molar-refractivity contribution is 5.63. The van der Waals surface area contributed by atoms with Crippen molar-refractivity contribution in [1.82, 2.24) is 0 Å². The van der Waals surface area contributed by atoms with Gasteiger partial charge in [-0.25, -0.2) is 0 Å². The molecule has 36 heavy (non-hydrogen) atoms. The van der Waals surface area contributed by atoms with Crippen molar-refractivity contribution >= 4 is 0 Å². The summed E-state index contributed by atoms with van der Waals surface area (Å²) in [5, 5.41) is 0. The molecule has 0 bridgehead atoms. The van der Waals surface area contributed by atoms with Crippen LogP contribution in [0.15, 0.2) is 140 Å². The van der Waals surface area contributed by atoms with Crippen LogP contribution in [0.25, 0.3) is 11.1 Å². The molecule has 1 aliphatic carbocycles. The molecule has 0 fully saturated rings. The minimum Gasteiger partial charge on any atom is -0.106 e. The Hall–Kier alpha value is -3.38. The number of aryl methyl sites for hydroxylation is 1. The Morgan fingerprint density at radius 2 is 1.56 bits per heavy atom. The summed E-state index contributed by atoms with van der Waals surface area (Å²) in [6.45, 7) is 26.4. The van der Waals surface area contributed by atoms with Crippen molar-refractivity contribution in [3.63, 3.8) is 0 Å². The quantitative estimate of drug-likeness (QED) is 0.285. The Kier molecular flexibility index (Phi) is 18.0. The van der Waals surface area contributed by atoms with Crippen molar-refractivity contribution in [2.45, 2.75) is 60.8 Å². The molecule has 192 valence electrons. The molecule has 0 saturated carbocycles. The Bertz CT molecular complexity index is 1020. The summed E-state index contributed by atoms with van der Waals surface area (Å²) in [5.41, 5.74) is 9.17. The van der Waals surface area contributed by atoms with Gasteiger partial charge in [0, 0.05) is 0 Å². The van der Waals surface area contributed by atoms with Crippen LogP contribution in [0.4, 0.5) is 0 Å². The predicted octanol–water partition coefficient (Wildman–Crippen LogP) is 11.4. The SMILES string of the molecule is C=C.C=C(C)C(C)CC.C=C/C=C(\C=C/C)C1=CCCC=C1C.Cc1cccc(-c2ccccc2)c1. The molecular weight excluding hydrogens is 432 g/mol. The molecule has 0 aliphatic heterocycles. The third-order valence-corrected chi connectivity index (χ3v) is 5.92. The largest absolute Gasteiger partial charge is 0.106 e. The molecule has 3 rings (SSSR count). The molecule has 0 heteroatoms. The average Bonchev–Trinajstić information content (AvgIpc) is 2.91. The standard InChI is InChI=1S/C14H18.C13H12.C7H14.C2H4/c1-4-8-13(9-5-2)14-11-7-6-10-12(14)3;1-11-6-5-9-13(10-11)12-7-3-2-4-8-12;1-5-7(4)6(2)3;1-2/h4-5,8-11H,1,6-7H2,2-3H3;2-10H,1H3;7H,2,5H2,1,3-4H3;1-2H2/b9-5-,13-8+;;;. The second kappa shape index (κ2) is 19.9. The van der Waals surface area contributed by atoms with Gasteiger partial charge in [-0.1, -0.05) is 129 Å². The maximum Gasteiger partial charge on any atom is -0.0181 e. The van der Waals surface area contributed by atoms with Gasteiger partial charge in [0.25, 0.3) is 0 Å². The van der Waals surface area contributed by atoms with E-state index in [1.807, 2.05) is 19.1 Å². The Balaban J connectivity index is 0.000000518. The molecular formula is C36H48. The van der Waals surface area contributed by atoms with E-state index in [9.17, 15) is 0 Å². The number of rotatable bonds is 6. The lowest BCUT2D eigenvalue weighted by Crippen LogP contribution is -1.94. The fraction of sp³-hybridized carbons (Fsp3) is 0.278. The lowest BCUT2D eigenvalue weighted by Gasteiger charge is -2.13. The third kappa shape index (κ3) is 12.9. The van der Waals surface area contributed by atoms with Gasteiger partial charge in [0.15, 0.2) is 0 Å². The monoisotopic (exact) mass is 480 g/mol. The van der Waals surface area contributed by atoms with Gasteiger partial charge in [0.2, 0.25) is 0 Å². The van der Waals surface area contributed by atoms with Crippen LogP contribution in [0.2, 0.25) is 0 Å². The molecule has 2 aromatic carbocycles. The Morgan fingerprint density at radius 3 is 2.03 bits per heavy atom. The van der Waals surface area contributed by atoms with Gasteiger partial charge in [-0.3, -0.25) is 0 Å². The average molecular weight is 481 g/mol. The maximum absolute atomic E-state index is 3.83. The molecule has 0 N–H and O–H groups in total. The number of allylic oxidation sites excluding steroid dienone is 10. The number of hydrogen-bond donors (Lipinski definition) is 0. The summed E-state index contributed by atoms with van der Waals surface area (Å²) < 4.78 is 0. The summed E-state index contributed by atoms with van der Waals surface area (Å²) in [4.78, 5) is 0. The lowest BCUT2D eigenvalue weighted by molar-refractivity contribution is 0.658. The van der Waals surface area contributed by atoms with Gasteiger partial charge >= 0.3 is 0 Å². The Labute approximate surface area is 222 Å². The first-order valence-electron chi connectivity index (χ1n) is 12.9. The van der Waals surface area contributed by atoms with Crippen LogP contribution >= 0.6 is 0 Å². The third-order valence-electron chi connectivity index (χ3n) is 5.92. The topological polar surface area (TPSA) is 0 Å². The van der Waals surface area contributed by atoms with Crippen molar-refractivity contribution in [3.8, 4) is 11.1 Å². The highest BCUT2D eigenvalue weighted by atomic mass is 14.1. The van der Waals surface area contributed by atoms with E-state index in [1.54, 1.807) is 0 Å². The molecule has 0 amide bonds. The van der Waals surface area contributed by atoms with Crippen molar-refractivity contribution in [2.75, 3.05) is 0 Å². The van der Waals surface area contributed by atoms with E-state index in [4.69, 9.17) is 0 Å². The lowest BCUT2D eigenvalue weighted by atomic mass is 9.92. The summed E-state index contributed by atoms with van der Waals surface area (Å²) in [6.07, 6.45) is 16.3. The fourth-order valence-corrected chi connectivity index (χ4v) is 3.49. The van der Waals surface area contributed by atoms with Crippen molar-refractivity contribution in [1.29, 1.82) is 0 Å². The van der Waals surface area contributed by atoms with E-state index < -0.39 is 0 Å². The minimum atomic E-state index is 0.708. The Morgan fingerprint density at radius 1 is 0.944 bits per heavy atom. The summed E-state index contributed by atoms with van der Waals surface area (Å²) in [7, 11) is 0. The number of benzene rings is 2. The van der Waals surface area contributed by atoms with Crippen LogP contribution in [-0.2, 0) is 0 Å². The molecule has 2 aromatic rings. The predicted molar refractivity (Wildman–Crippen MR) is 166 cm³/mol. The van der Waals surface area contributed by atoms with Crippen LogP contribution < -0.4 is 0 Å². The van der Waals surface area contributed by atoms with Crippen molar-refractivity contribution in [3.05, 3.63) is 145 Å². The highest BCUT2D eigenvalue weighted by Crippen LogP contribution is 2.25. The smallest absolute Gasteiger partial charge is 0.0181 e. The van der Waals surface area contributed by atoms with Gasteiger partial charge in [-0.2, -0.15) is 0 Å². The minimum absolute atomic E-state index is 0.708. The van der Waals surface area contributed by atoms with Crippen molar-refractivity contribution in [2.24, 2.45) is 5.92 Å².